The smallest absolute Gasteiger partial charge is 0.163 e. The van der Waals surface area contributed by atoms with Gasteiger partial charge in [-0.1, -0.05) is 29.5 Å². The molecule has 3 aromatic rings. The maximum atomic E-state index is 4.02. The van der Waals surface area contributed by atoms with Crippen LogP contribution in [0.1, 0.15) is 0 Å². The Bertz CT molecular complexity index is 521. The lowest BCUT2D eigenvalue weighted by Crippen LogP contribution is -1.74. The van der Waals surface area contributed by atoms with Gasteiger partial charge in [0.25, 0.3) is 0 Å². The second-order valence-electron chi connectivity index (χ2n) is 3.01. The molecule has 1 N–H and O–H groups in total. The second-order valence-corrected chi connectivity index (χ2v) is 3.85. The molecule has 0 bridgehead atoms. The summed E-state index contributed by atoms with van der Waals surface area (Å²) in [5, 5.41) is 9.97. The fourth-order valence-corrected chi connectivity index (χ4v) is 2.00. The van der Waals surface area contributed by atoms with Gasteiger partial charge >= 0.3 is 0 Å². The monoisotopic (exact) mass is 201 g/mol. The number of nitrogens with one attached hydrogen (secondary N) is 1. The first-order valence-corrected chi connectivity index (χ1v) is 5.16. The van der Waals surface area contributed by atoms with Crippen LogP contribution >= 0.6 is 11.3 Å². The predicted molar refractivity (Wildman–Crippen MR) is 57.2 cm³/mol. The Morgan fingerprint density at radius 2 is 2.14 bits per heavy atom. The number of hydrogen-bond donors (Lipinski definition) is 1. The van der Waals surface area contributed by atoms with Gasteiger partial charge in [-0.05, 0) is 12.1 Å². The first-order chi connectivity index (χ1) is 6.93. The van der Waals surface area contributed by atoms with Crippen LogP contribution in [0.2, 0.25) is 0 Å². The third-order valence-electron chi connectivity index (χ3n) is 2.12. The Kier molecular flexibility index (Phi) is 1.61. The van der Waals surface area contributed by atoms with Crippen molar-refractivity contribution in [1.29, 1.82) is 0 Å². The Balaban J connectivity index is 2.24. The van der Waals surface area contributed by atoms with Gasteiger partial charge in [-0.25, -0.2) is 0 Å². The summed E-state index contributed by atoms with van der Waals surface area (Å²) in [6, 6.07) is 10.3. The number of benzene rings is 1. The van der Waals surface area contributed by atoms with Crippen molar-refractivity contribution in [2.24, 2.45) is 0 Å². The number of rotatable bonds is 1. The lowest BCUT2D eigenvalue weighted by atomic mass is 10.2. The van der Waals surface area contributed by atoms with E-state index in [0.29, 0.717) is 0 Å². The minimum Gasteiger partial charge on any atom is -0.353 e. The highest BCUT2D eigenvalue weighted by molar-refractivity contribution is 7.12. The topological polar surface area (TPSA) is 41.6 Å². The normalized spacial score (nSPS) is 10.9. The van der Waals surface area contributed by atoms with E-state index in [1.54, 1.807) is 5.51 Å². The molecule has 0 amide bonds. The molecule has 3 nitrogen and oxygen atoms in total. The number of nitrogens with zero attached hydrogens (tertiary/aromatic N) is 2. The fraction of sp³-hybridized carbons (Fsp3) is 0. The zero-order chi connectivity index (χ0) is 9.38. The van der Waals surface area contributed by atoms with E-state index in [9.17, 15) is 0 Å². The van der Waals surface area contributed by atoms with Crippen LogP contribution in [0.4, 0.5) is 0 Å². The molecule has 0 fully saturated rings. The largest absolute Gasteiger partial charge is 0.353 e. The van der Waals surface area contributed by atoms with Crippen molar-refractivity contribution in [2.45, 2.75) is 0 Å². The molecule has 0 unspecified atom stereocenters. The highest BCUT2D eigenvalue weighted by Crippen LogP contribution is 2.24. The van der Waals surface area contributed by atoms with Crippen molar-refractivity contribution in [1.82, 2.24) is 15.2 Å². The zero-order valence-electron chi connectivity index (χ0n) is 7.27. The van der Waals surface area contributed by atoms with Crippen LogP contribution in [0, 0.1) is 0 Å². The van der Waals surface area contributed by atoms with E-state index < -0.39 is 0 Å². The van der Waals surface area contributed by atoms with E-state index in [0.717, 1.165) is 16.2 Å². The van der Waals surface area contributed by atoms with E-state index in [1.165, 1.54) is 16.7 Å². The number of para-hydroxylation sites is 1. The molecule has 14 heavy (non-hydrogen) atoms. The van der Waals surface area contributed by atoms with Crippen molar-refractivity contribution >= 4 is 22.2 Å². The average molecular weight is 201 g/mol. The number of aromatic nitrogens is 3. The summed E-state index contributed by atoms with van der Waals surface area (Å²) in [5.74, 6) is 0. The lowest BCUT2D eigenvalue weighted by molar-refractivity contribution is 1.09. The van der Waals surface area contributed by atoms with Crippen LogP contribution in [0.3, 0.4) is 0 Å². The van der Waals surface area contributed by atoms with Gasteiger partial charge in [-0.15, -0.1) is 10.2 Å². The Hall–Kier alpha value is -1.68. The molecular formula is C10H7N3S. The summed E-state index contributed by atoms with van der Waals surface area (Å²) in [6.45, 7) is 0. The maximum Gasteiger partial charge on any atom is 0.163 e. The molecular weight excluding hydrogens is 194 g/mol. The van der Waals surface area contributed by atoms with Crippen molar-refractivity contribution < 1.29 is 0 Å². The molecule has 3 rings (SSSR count). The number of hydrogen-bond acceptors (Lipinski definition) is 3. The van der Waals surface area contributed by atoms with Gasteiger partial charge in [0.2, 0.25) is 0 Å². The van der Waals surface area contributed by atoms with Gasteiger partial charge in [-0.3, -0.25) is 0 Å². The molecule has 0 aliphatic heterocycles. The van der Waals surface area contributed by atoms with Crippen LogP contribution in [0.15, 0.2) is 35.8 Å². The summed E-state index contributed by atoms with van der Waals surface area (Å²) in [4.78, 5) is 3.31. The van der Waals surface area contributed by atoms with E-state index >= 15 is 0 Å². The molecule has 1 aromatic carbocycles. The van der Waals surface area contributed by atoms with Gasteiger partial charge in [0, 0.05) is 10.9 Å². The van der Waals surface area contributed by atoms with Gasteiger partial charge in [0.15, 0.2) is 5.01 Å². The Morgan fingerprint density at radius 3 is 2.93 bits per heavy atom. The highest BCUT2D eigenvalue weighted by Gasteiger charge is 2.04. The molecule has 0 atom stereocenters. The predicted octanol–water partition coefficient (Wildman–Crippen LogP) is 2.69. The standard InChI is InChI=1S/C10H7N3S/c1-2-4-8-7(3-1)5-9(12-8)10-13-11-6-14-10/h1-6,12H. The first kappa shape index (κ1) is 7.70. The molecule has 2 aromatic heterocycles. The molecule has 2 heterocycles. The van der Waals surface area contributed by atoms with E-state index in [2.05, 4.69) is 33.4 Å². The van der Waals surface area contributed by atoms with E-state index in [1.807, 2.05) is 12.1 Å². The fourth-order valence-electron chi connectivity index (χ4n) is 1.48. The minimum absolute atomic E-state index is 0.932. The van der Waals surface area contributed by atoms with Crippen molar-refractivity contribution in [3.8, 4) is 10.7 Å². The van der Waals surface area contributed by atoms with Crippen molar-refractivity contribution in [2.75, 3.05) is 0 Å². The summed E-state index contributed by atoms with van der Waals surface area (Å²) >= 11 is 1.54. The zero-order valence-corrected chi connectivity index (χ0v) is 8.08. The second kappa shape index (κ2) is 2.92. The van der Waals surface area contributed by atoms with Crippen LogP contribution < -0.4 is 0 Å². The molecule has 4 heteroatoms. The SMILES string of the molecule is c1ccc2[nH]c(-c3nncs3)cc2c1. The summed E-state index contributed by atoms with van der Waals surface area (Å²) in [5.41, 5.74) is 3.91. The molecule has 0 radical (unpaired) electrons. The molecule has 0 aliphatic carbocycles. The molecule has 0 aliphatic rings. The molecule has 68 valence electrons. The Morgan fingerprint density at radius 1 is 1.21 bits per heavy atom. The molecule has 0 saturated heterocycles. The van der Waals surface area contributed by atoms with Crippen LogP contribution in [0.25, 0.3) is 21.6 Å². The maximum absolute atomic E-state index is 4.02. The molecule has 0 spiro atoms. The number of fused-ring (bicyclic) bond motifs is 1. The minimum atomic E-state index is 0.932. The summed E-state index contributed by atoms with van der Waals surface area (Å²) in [6.07, 6.45) is 0. The number of H-pyrrole nitrogens is 1. The van der Waals surface area contributed by atoms with Crippen molar-refractivity contribution in [3.05, 3.63) is 35.8 Å². The first-order valence-electron chi connectivity index (χ1n) is 4.28. The van der Waals surface area contributed by atoms with Gasteiger partial charge in [-0.2, -0.15) is 0 Å². The van der Waals surface area contributed by atoms with Gasteiger partial charge < -0.3 is 4.98 Å². The average Bonchev–Trinajstić information content (AvgIpc) is 2.86. The number of aromatic amines is 1. The van der Waals surface area contributed by atoms with Gasteiger partial charge in [0.05, 0.1) is 5.69 Å². The third-order valence-corrected chi connectivity index (χ3v) is 2.84. The van der Waals surface area contributed by atoms with Crippen LogP contribution in [-0.4, -0.2) is 15.2 Å². The summed E-state index contributed by atoms with van der Waals surface area (Å²) in [7, 11) is 0. The van der Waals surface area contributed by atoms with Crippen LogP contribution in [0.5, 0.6) is 0 Å². The third kappa shape index (κ3) is 1.12. The lowest BCUT2D eigenvalue weighted by Gasteiger charge is -1.85. The quantitative estimate of drug-likeness (QED) is 0.657. The van der Waals surface area contributed by atoms with Crippen molar-refractivity contribution in [3.63, 3.8) is 0 Å². The van der Waals surface area contributed by atoms with E-state index in [4.69, 9.17) is 0 Å². The Labute approximate surface area is 84.4 Å². The molecule has 0 saturated carbocycles. The van der Waals surface area contributed by atoms with E-state index in [-0.39, 0.29) is 0 Å². The van der Waals surface area contributed by atoms with Gasteiger partial charge in [0.1, 0.15) is 5.51 Å². The highest BCUT2D eigenvalue weighted by atomic mass is 32.1. The summed E-state index contributed by atoms with van der Waals surface area (Å²) < 4.78 is 0. The van der Waals surface area contributed by atoms with Crippen LogP contribution in [-0.2, 0) is 0 Å².